The molecule has 1 atom stereocenters. The smallest absolute Gasteiger partial charge is 0.300 e. The summed E-state index contributed by atoms with van der Waals surface area (Å²) < 4.78 is 11.7. The highest BCUT2D eigenvalue weighted by Crippen LogP contribution is 2.44. The average Bonchev–Trinajstić information content (AvgIpc) is 3.18. The maximum Gasteiger partial charge on any atom is 0.300 e. The van der Waals surface area contributed by atoms with Gasteiger partial charge in [-0.25, -0.2) is 0 Å². The van der Waals surface area contributed by atoms with Gasteiger partial charge in [0.2, 0.25) is 0 Å². The molecule has 0 aromatic heterocycles. The Kier molecular flexibility index (Phi) is 8.01. The topological polar surface area (TPSA) is 99.9 Å². The van der Waals surface area contributed by atoms with Gasteiger partial charge >= 0.3 is 0 Å². The molecule has 0 bridgehead atoms. The zero-order valence-corrected chi connectivity index (χ0v) is 23.7. The van der Waals surface area contributed by atoms with Crippen LogP contribution in [-0.4, -0.2) is 29.5 Å². The monoisotopic (exact) mass is 538 g/mol. The van der Waals surface area contributed by atoms with Gasteiger partial charge in [-0.2, -0.15) is 5.26 Å². The van der Waals surface area contributed by atoms with Crippen molar-refractivity contribution >= 4 is 23.1 Å². The van der Waals surface area contributed by atoms with E-state index in [0.717, 1.165) is 5.56 Å². The fourth-order valence-corrected chi connectivity index (χ4v) is 4.84. The summed E-state index contributed by atoms with van der Waals surface area (Å²) in [6.45, 7) is 12.3. The first-order chi connectivity index (χ1) is 19.0. The Morgan fingerprint density at radius 1 is 1.05 bits per heavy atom. The molecule has 7 nitrogen and oxygen atoms in total. The lowest BCUT2D eigenvalue weighted by atomic mass is 9.84. The first-order valence-electron chi connectivity index (χ1n) is 13.3. The highest BCUT2D eigenvalue weighted by Gasteiger charge is 2.47. The van der Waals surface area contributed by atoms with E-state index >= 15 is 0 Å². The largest absolute Gasteiger partial charge is 0.507 e. The molecule has 1 aliphatic heterocycles. The molecule has 0 aliphatic carbocycles. The molecule has 7 heteroatoms. The van der Waals surface area contributed by atoms with Crippen LogP contribution in [0.15, 0.2) is 72.3 Å². The predicted molar refractivity (Wildman–Crippen MR) is 154 cm³/mol. The summed E-state index contributed by atoms with van der Waals surface area (Å²) in [6.07, 6.45) is -0.0835. The molecular formula is C33H34N2O5. The van der Waals surface area contributed by atoms with Gasteiger partial charge in [0.05, 0.1) is 36.0 Å². The number of anilines is 1. The number of aliphatic hydroxyl groups is 1. The van der Waals surface area contributed by atoms with E-state index in [0.29, 0.717) is 40.5 Å². The van der Waals surface area contributed by atoms with E-state index in [1.54, 1.807) is 60.7 Å². The fraction of sp³-hybridized carbons (Fsp3) is 0.303. The van der Waals surface area contributed by atoms with Gasteiger partial charge in [-0.15, -0.1) is 0 Å². The van der Waals surface area contributed by atoms with Gasteiger partial charge in [-0.1, -0.05) is 32.9 Å². The molecule has 3 aromatic rings. The second-order valence-electron chi connectivity index (χ2n) is 11.0. The number of ether oxygens (including phenoxy) is 2. The maximum absolute atomic E-state index is 13.6. The van der Waals surface area contributed by atoms with Crippen molar-refractivity contribution in [2.45, 2.75) is 59.1 Å². The van der Waals surface area contributed by atoms with Crippen LogP contribution >= 0.6 is 0 Å². The minimum atomic E-state index is -0.923. The molecule has 3 aromatic carbocycles. The minimum absolute atomic E-state index is 0.0277. The van der Waals surface area contributed by atoms with Crippen molar-refractivity contribution in [2.75, 3.05) is 11.5 Å². The zero-order valence-electron chi connectivity index (χ0n) is 23.7. The van der Waals surface area contributed by atoms with E-state index in [9.17, 15) is 20.0 Å². The van der Waals surface area contributed by atoms with E-state index in [1.165, 1.54) is 4.90 Å². The number of ketones is 1. The summed E-state index contributed by atoms with van der Waals surface area (Å²) in [5, 5.41) is 20.9. The second kappa shape index (κ2) is 11.3. The zero-order chi connectivity index (χ0) is 29.2. The molecule has 206 valence electrons. The van der Waals surface area contributed by atoms with Crippen LogP contribution in [0.2, 0.25) is 0 Å². The summed E-state index contributed by atoms with van der Waals surface area (Å²) in [5.74, 6) is -0.571. The Labute approximate surface area is 235 Å². The lowest BCUT2D eigenvalue weighted by Gasteiger charge is -2.26. The number of aliphatic hydroxyl groups excluding tert-OH is 1. The molecule has 1 unspecified atom stereocenters. The van der Waals surface area contributed by atoms with Crippen LogP contribution in [0.4, 0.5) is 5.69 Å². The van der Waals surface area contributed by atoms with Crippen LogP contribution in [0.25, 0.3) is 5.76 Å². The lowest BCUT2D eigenvalue weighted by Crippen LogP contribution is -2.29. The number of amides is 1. The number of hydrogen-bond acceptors (Lipinski definition) is 6. The Bertz CT molecular complexity index is 1510. The molecular weight excluding hydrogens is 504 g/mol. The summed E-state index contributed by atoms with van der Waals surface area (Å²) in [6, 6.07) is 20.0. The van der Waals surface area contributed by atoms with Gasteiger partial charge in [0.25, 0.3) is 11.7 Å². The van der Waals surface area contributed by atoms with Crippen LogP contribution in [0.3, 0.4) is 0 Å². The van der Waals surface area contributed by atoms with Gasteiger partial charge in [0.15, 0.2) is 0 Å². The lowest BCUT2D eigenvalue weighted by molar-refractivity contribution is -0.132. The van der Waals surface area contributed by atoms with Crippen molar-refractivity contribution in [3.8, 4) is 17.6 Å². The van der Waals surface area contributed by atoms with Crippen molar-refractivity contribution < 1.29 is 24.2 Å². The summed E-state index contributed by atoms with van der Waals surface area (Å²) >= 11 is 0. The Morgan fingerprint density at radius 3 is 2.35 bits per heavy atom. The number of carbonyl (C=O) groups is 2. The fourth-order valence-electron chi connectivity index (χ4n) is 4.84. The number of hydrogen-bond donors (Lipinski definition) is 1. The molecule has 4 rings (SSSR count). The molecule has 1 heterocycles. The van der Waals surface area contributed by atoms with Crippen LogP contribution in [0.1, 0.15) is 69.8 Å². The molecule has 0 saturated carbocycles. The van der Waals surface area contributed by atoms with E-state index in [2.05, 4.69) is 6.07 Å². The van der Waals surface area contributed by atoms with Crippen LogP contribution in [-0.2, 0) is 15.0 Å². The van der Waals surface area contributed by atoms with E-state index in [-0.39, 0.29) is 22.9 Å². The normalized spacial score (nSPS) is 16.8. The van der Waals surface area contributed by atoms with E-state index < -0.39 is 17.7 Å². The molecule has 1 saturated heterocycles. The Hall–Kier alpha value is -4.57. The van der Waals surface area contributed by atoms with Crippen LogP contribution in [0, 0.1) is 11.3 Å². The van der Waals surface area contributed by atoms with Crippen molar-refractivity contribution in [1.29, 1.82) is 5.26 Å². The quantitative estimate of drug-likeness (QED) is 0.205. The minimum Gasteiger partial charge on any atom is -0.507 e. The highest BCUT2D eigenvalue weighted by atomic mass is 16.5. The summed E-state index contributed by atoms with van der Waals surface area (Å²) in [5.41, 5.74) is 2.40. The number of Topliss-reactive ketones (excluding diaryl/α,β-unsaturated/α-hetero) is 1. The third-order valence-corrected chi connectivity index (χ3v) is 6.63. The number of rotatable bonds is 7. The standard InChI is InChI=1S/C33H34N2O5/c1-7-39-27-16-13-23(18-26(27)33(4,5)6)30(36)28-29(22-9-8-10-25(17-22)40-20(2)3)35(32(38)31(28)37)24-14-11-21(19-34)12-15-24/h8-18,20,29,36H,7H2,1-6H3/b30-28+. The Morgan fingerprint density at radius 2 is 1.75 bits per heavy atom. The predicted octanol–water partition coefficient (Wildman–Crippen LogP) is 6.67. The first kappa shape index (κ1) is 28.4. The highest BCUT2D eigenvalue weighted by molar-refractivity contribution is 6.51. The van der Waals surface area contributed by atoms with Gasteiger partial charge in [0, 0.05) is 16.8 Å². The van der Waals surface area contributed by atoms with Crippen molar-refractivity contribution in [1.82, 2.24) is 0 Å². The number of carbonyl (C=O) groups excluding carboxylic acids is 2. The van der Waals surface area contributed by atoms with Gasteiger partial charge in [-0.3, -0.25) is 14.5 Å². The van der Waals surface area contributed by atoms with Gasteiger partial charge in [0.1, 0.15) is 17.3 Å². The van der Waals surface area contributed by atoms with Crippen molar-refractivity contribution in [3.05, 3.63) is 94.6 Å². The first-order valence-corrected chi connectivity index (χ1v) is 13.3. The van der Waals surface area contributed by atoms with Gasteiger partial charge < -0.3 is 14.6 Å². The number of nitrogens with zero attached hydrogens (tertiary/aromatic N) is 2. The maximum atomic E-state index is 13.6. The average molecular weight is 539 g/mol. The SMILES string of the molecule is CCOc1ccc(/C(O)=C2\C(=O)C(=O)N(c3ccc(C#N)cc3)C2c2cccc(OC(C)C)c2)cc1C(C)(C)C. The number of benzene rings is 3. The van der Waals surface area contributed by atoms with Crippen LogP contribution < -0.4 is 14.4 Å². The molecule has 1 fully saturated rings. The third-order valence-electron chi connectivity index (χ3n) is 6.63. The van der Waals surface area contributed by atoms with E-state index in [4.69, 9.17) is 9.47 Å². The molecule has 40 heavy (non-hydrogen) atoms. The number of nitriles is 1. The van der Waals surface area contributed by atoms with Gasteiger partial charge in [-0.05, 0) is 86.3 Å². The summed E-state index contributed by atoms with van der Waals surface area (Å²) in [4.78, 5) is 28.5. The van der Waals surface area contributed by atoms with Crippen molar-refractivity contribution in [3.63, 3.8) is 0 Å². The van der Waals surface area contributed by atoms with E-state index in [1.807, 2.05) is 47.6 Å². The molecule has 0 radical (unpaired) electrons. The van der Waals surface area contributed by atoms with Crippen LogP contribution in [0.5, 0.6) is 11.5 Å². The summed E-state index contributed by atoms with van der Waals surface area (Å²) in [7, 11) is 0. The second-order valence-corrected chi connectivity index (χ2v) is 11.0. The molecule has 0 spiro atoms. The third kappa shape index (κ3) is 5.57. The molecule has 1 amide bonds. The Balaban J connectivity index is 1.95. The molecule has 1 aliphatic rings. The molecule has 1 N–H and O–H groups in total. The van der Waals surface area contributed by atoms with Crippen molar-refractivity contribution in [2.24, 2.45) is 0 Å².